The molecule has 0 fully saturated rings. The second kappa shape index (κ2) is 6.00. The molecule has 0 saturated heterocycles. The van der Waals surface area contributed by atoms with Gasteiger partial charge in [0.15, 0.2) is 0 Å². The molecule has 2 rings (SSSR count). The number of aliphatic hydroxyl groups excluding tert-OH is 1. The van der Waals surface area contributed by atoms with Crippen LogP contribution in [0.15, 0.2) is 51.4 Å². The molecule has 1 nitrogen and oxygen atoms in total. The van der Waals surface area contributed by atoms with E-state index < -0.39 is 6.10 Å². The van der Waals surface area contributed by atoms with Gasteiger partial charge in [-0.05, 0) is 36.2 Å². The maximum absolute atomic E-state index is 10.3. The van der Waals surface area contributed by atoms with E-state index in [1.165, 1.54) is 5.56 Å². The van der Waals surface area contributed by atoms with Crippen molar-refractivity contribution in [1.82, 2.24) is 0 Å². The van der Waals surface area contributed by atoms with Gasteiger partial charge in [0, 0.05) is 15.4 Å². The zero-order chi connectivity index (χ0) is 13.1. The van der Waals surface area contributed by atoms with Gasteiger partial charge in [-0.2, -0.15) is 0 Å². The van der Waals surface area contributed by atoms with Crippen molar-refractivity contribution in [2.24, 2.45) is 0 Å². The quantitative estimate of drug-likeness (QED) is 0.824. The summed E-state index contributed by atoms with van der Waals surface area (Å²) >= 11 is 6.91. The number of benzene rings is 2. The van der Waals surface area contributed by atoms with Crippen LogP contribution in [0.25, 0.3) is 0 Å². The van der Waals surface area contributed by atoms with Crippen molar-refractivity contribution in [2.75, 3.05) is 0 Å². The molecular weight excluding hydrogens is 356 g/mol. The van der Waals surface area contributed by atoms with Crippen molar-refractivity contribution < 1.29 is 5.11 Å². The van der Waals surface area contributed by atoms with Gasteiger partial charge >= 0.3 is 0 Å². The fraction of sp³-hybridized carbons (Fsp3) is 0.200. The Hall–Kier alpha value is -0.640. The SMILES string of the molecule is Cc1cccc(CC(O)c2cc(Br)ccc2Br)c1. The highest BCUT2D eigenvalue weighted by molar-refractivity contribution is 9.11. The molecular formula is C15H14Br2O. The summed E-state index contributed by atoms with van der Waals surface area (Å²) in [7, 11) is 0. The molecule has 0 saturated carbocycles. The second-order valence-electron chi connectivity index (χ2n) is 4.37. The van der Waals surface area contributed by atoms with Gasteiger partial charge < -0.3 is 5.11 Å². The minimum atomic E-state index is -0.501. The average Bonchev–Trinajstić information content (AvgIpc) is 2.32. The highest BCUT2D eigenvalue weighted by Crippen LogP contribution is 2.29. The van der Waals surface area contributed by atoms with Crippen LogP contribution >= 0.6 is 31.9 Å². The summed E-state index contributed by atoms with van der Waals surface area (Å²) in [5.74, 6) is 0. The molecule has 1 atom stereocenters. The monoisotopic (exact) mass is 368 g/mol. The largest absolute Gasteiger partial charge is 0.388 e. The van der Waals surface area contributed by atoms with Crippen molar-refractivity contribution in [2.45, 2.75) is 19.4 Å². The maximum atomic E-state index is 10.3. The summed E-state index contributed by atoms with van der Waals surface area (Å²) in [6.45, 7) is 2.06. The van der Waals surface area contributed by atoms with Crippen molar-refractivity contribution >= 4 is 31.9 Å². The zero-order valence-corrected chi connectivity index (χ0v) is 13.2. The minimum Gasteiger partial charge on any atom is -0.388 e. The highest BCUT2D eigenvalue weighted by Gasteiger charge is 2.12. The van der Waals surface area contributed by atoms with Crippen LogP contribution in [-0.2, 0) is 6.42 Å². The summed E-state index contributed by atoms with van der Waals surface area (Å²) in [6, 6.07) is 14.1. The molecule has 0 spiro atoms. The van der Waals surface area contributed by atoms with Gasteiger partial charge in [0.05, 0.1) is 6.10 Å². The molecule has 0 radical (unpaired) electrons. The summed E-state index contributed by atoms with van der Waals surface area (Å²) in [5, 5.41) is 10.3. The summed E-state index contributed by atoms with van der Waals surface area (Å²) in [5.41, 5.74) is 3.27. The van der Waals surface area contributed by atoms with Crippen molar-refractivity contribution in [3.8, 4) is 0 Å². The molecule has 0 aromatic heterocycles. The van der Waals surface area contributed by atoms with Gasteiger partial charge in [0.1, 0.15) is 0 Å². The molecule has 2 aromatic rings. The number of hydrogen-bond acceptors (Lipinski definition) is 1. The fourth-order valence-corrected chi connectivity index (χ4v) is 2.83. The molecule has 94 valence electrons. The van der Waals surface area contributed by atoms with Gasteiger partial charge in [0.25, 0.3) is 0 Å². The van der Waals surface area contributed by atoms with Crippen molar-refractivity contribution in [3.63, 3.8) is 0 Å². The topological polar surface area (TPSA) is 20.2 Å². The van der Waals surface area contributed by atoms with E-state index in [4.69, 9.17) is 0 Å². The first-order valence-electron chi connectivity index (χ1n) is 5.75. The van der Waals surface area contributed by atoms with Gasteiger partial charge in [0.2, 0.25) is 0 Å². The molecule has 0 bridgehead atoms. The molecule has 0 aliphatic carbocycles. The lowest BCUT2D eigenvalue weighted by molar-refractivity contribution is 0.177. The third-order valence-electron chi connectivity index (χ3n) is 2.83. The lowest BCUT2D eigenvalue weighted by atomic mass is 10.0. The van der Waals surface area contributed by atoms with E-state index in [-0.39, 0.29) is 0 Å². The Morgan fingerprint density at radius 1 is 1.11 bits per heavy atom. The van der Waals surface area contributed by atoms with Crippen LogP contribution in [0.3, 0.4) is 0 Å². The van der Waals surface area contributed by atoms with E-state index in [1.54, 1.807) is 0 Å². The second-order valence-corrected chi connectivity index (χ2v) is 6.14. The Labute approximate surface area is 124 Å². The molecule has 2 aromatic carbocycles. The Morgan fingerprint density at radius 2 is 1.89 bits per heavy atom. The van der Waals surface area contributed by atoms with E-state index in [0.29, 0.717) is 6.42 Å². The maximum Gasteiger partial charge on any atom is 0.0841 e. The minimum absolute atomic E-state index is 0.501. The summed E-state index contributed by atoms with van der Waals surface area (Å²) < 4.78 is 1.91. The van der Waals surface area contributed by atoms with Crippen LogP contribution in [0, 0.1) is 6.92 Å². The molecule has 0 aliphatic rings. The van der Waals surface area contributed by atoms with E-state index in [2.05, 4.69) is 50.9 Å². The molecule has 1 N–H and O–H groups in total. The number of aryl methyl sites for hydroxylation is 1. The van der Waals surface area contributed by atoms with Gasteiger partial charge in [-0.1, -0.05) is 61.7 Å². The first-order chi connectivity index (χ1) is 8.56. The molecule has 0 aliphatic heterocycles. The third-order valence-corrected chi connectivity index (χ3v) is 4.04. The van der Waals surface area contributed by atoms with Gasteiger partial charge in [-0.15, -0.1) is 0 Å². The Kier molecular flexibility index (Phi) is 4.60. The van der Waals surface area contributed by atoms with E-state index in [1.807, 2.05) is 30.3 Å². The first kappa shape index (κ1) is 13.8. The lowest BCUT2D eigenvalue weighted by Gasteiger charge is -2.14. The number of aliphatic hydroxyl groups is 1. The summed E-state index contributed by atoms with van der Waals surface area (Å²) in [4.78, 5) is 0. The molecule has 1 unspecified atom stereocenters. The normalized spacial score (nSPS) is 12.4. The zero-order valence-electron chi connectivity index (χ0n) is 10.0. The molecule has 0 amide bonds. The first-order valence-corrected chi connectivity index (χ1v) is 7.33. The Bertz CT molecular complexity index is 552. The van der Waals surface area contributed by atoms with E-state index in [0.717, 1.165) is 20.1 Å². The van der Waals surface area contributed by atoms with Crippen LogP contribution in [0.4, 0.5) is 0 Å². The van der Waals surface area contributed by atoms with Crippen molar-refractivity contribution in [3.05, 3.63) is 68.1 Å². The number of rotatable bonds is 3. The van der Waals surface area contributed by atoms with E-state index in [9.17, 15) is 5.11 Å². The Morgan fingerprint density at radius 3 is 2.61 bits per heavy atom. The van der Waals surface area contributed by atoms with E-state index >= 15 is 0 Å². The smallest absolute Gasteiger partial charge is 0.0841 e. The van der Waals surface area contributed by atoms with Crippen molar-refractivity contribution in [1.29, 1.82) is 0 Å². The van der Waals surface area contributed by atoms with Crippen LogP contribution in [0.2, 0.25) is 0 Å². The number of halogens is 2. The molecule has 3 heteroatoms. The van der Waals surface area contributed by atoms with Crippen LogP contribution in [0.1, 0.15) is 22.8 Å². The predicted octanol–water partition coefficient (Wildman–Crippen LogP) is 4.80. The van der Waals surface area contributed by atoms with Crippen LogP contribution in [0.5, 0.6) is 0 Å². The van der Waals surface area contributed by atoms with Crippen LogP contribution < -0.4 is 0 Å². The molecule has 0 heterocycles. The summed E-state index contributed by atoms with van der Waals surface area (Å²) in [6.07, 6.45) is 0.121. The number of hydrogen-bond donors (Lipinski definition) is 1. The molecule has 18 heavy (non-hydrogen) atoms. The third kappa shape index (κ3) is 3.44. The fourth-order valence-electron chi connectivity index (χ4n) is 1.94. The highest BCUT2D eigenvalue weighted by atomic mass is 79.9. The van der Waals surface area contributed by atoms with Gasteiger partial charge in [-0.25, -0.2) is 0 Å². The van der Waals surface area contributed by atoms with Crippen LogP contribution in [-0.4, -0.2) is 5.11 Å². The standard InChI is InChI=1S/C15H14Br2O/c1-10-3-2-4-11(7-10)8-15(18)13-9-12(16)5-6-14(13)17/h2-7,9,15,18H,8H2,1H3. The average molecular weight is 370 g/mol. The predicted molar refractivity (Wildman–Crippen MR) is 81.7 cm³/mol. The van der Waals surface area contributed by atoms with Gasteiger partial charge in [-0.3, -0.25) is 0 Å². The lowest BCUT2D eigenvalue weighted by Crippen LogP contribution is -2.03. The Balaban J connectivity index is 2.21.